The molecule has 1 atom stereocenters. The lowest BCUT2D eigenvalue weighted by molar-refractivity contribution is -0.139. The fourth-order valence-electron chi connectivity index (χ4n) is 1.59. The number of halogens is 1. The molecule has 6 heteroatoms. The monoisotopic (exact) mass is 328 g/mol. The summed E-state index contributed by atoms with van der Waals surface area (Å²) in [5.74, 6) is -1.02. The van der Waals surface area contributed by atoms with Crippen molar-refractivity contribution in [3.05, 3.63) is 28.2 Å². The van der Waals surface area contributed by atoms with Crippen LogP contribution in [0.5, 0.6) is 0 Å². The van der Waals surface area contributed by atoms with Gasteiger partial charge >= 0.3 is 12.0 Å². The molecule has 2 amide bonds. The summed E-state index contributed by atoms with van der Waals surface area (Å²) >= 11 is 3.37. The number of carboxylic acids is 1. The first kappa shape index (κ1) is 15.5. The quantitative estimate of drug-likeness (QED) is 0.776. The molecule has 0 spiro atoms. The number of amides is 2. The average Bonchev–Trinajstić information content (AvgIpc) is 2.33. The number of hydrogen-bond acceptors (Lipinski definition) is 2. The Hall–Kier alpha value is -1.56. The van der Waals surface area contributed by atoms with Crippen molar-refractivity contribution in [3.8, 4) is 0 Å². The van der Waals surface area contributed by atoms with Gasteiger partial charge in [-0.15, -0.1) is 0 Å². The van der Waals surface area contributed by atoms with Crippen molar-refractivity contribution in [2.45, 2.75) is 32.7 Å². The number of benzene rings is 1. The lowest BCUT2D eigenvalue weighted by Gasteiger charge is -2.14. The summed E-state index contributed by atoms with van der Waals surface area (Å²) in [6.45, 7) is 3.78. The molecule has 0 heterocycles. The molecule has 0 fully saturated rings. The molecule has 0 saturated heterocycles. The van der Waals surface area contributed by atoms with Crippen LogP contribution in [-0.4, -0.2) is 23.1 Å². The number of carboxylic acid groups (broad SMARTS) is 1. The molecule has 1 unspecified atom stereocenters. The van der Waals surface area contributed by atoms with E-state index in [1.807, 2.05) is 19.9 Å². The lowest BCUT2D eigenvalue weighted by Crippen LogP contribution is -2.42. The van der Waals surface area contributed by atoms with Gasteiger partial charge in [0.05, 0.1) is 0 Å². The number of aryl methyl sites for hydroxylation is 1. The molecule has 0 bridgehead atoms. The van der Waals surface area contributed by atoms with Crippen LogP contribution in [0.3, 0.4) is 0 Å². The first-order valence-corrected chi connectivity index (χ1v) is 6.79. The Morgan fingerprint density at radius 2 is 2.11 bits per heavy atom. The number of anilines is 1. The maximum atomic E-state index is 11.7. The molecule has 1 rings (SSSR count). The first-order valence-electron chi connectivity index (χ1n) is 6.00. The number of carbonyl (C=O) groups is 2. The third kappa shape index (κ3) is 4.90. The summed E-state index contributed by atoms with van der Waals surface area (Å²) in [6, 6.07) is 4.00. The molecular weight excluding hydrogens is 312 g/mol. The molecule has 104 valence electrons. The Labute approximate surface area is 120 Å². The van der Waals surface area contributed by atoms with Crippen LogP contribution < -0.4 is 10.6 Å². The first-order chi connectivity index (χ1) is 8.93. The minimum Gasteiger partial charge on any atom is -0.480 e. The Morgan fingerprint density at radius 1 is 1.42 bits per heavy atom. The topological polar surface area (TPSA) is 78.4 Å². The van der Waals surface area contributed by atoms with Gasteiger partial charge in [-0.05, 0) is 37.1 Å². The number of rotatable bonds is 5. The largest absolute Gasteiger partial charge is 0.480 e. The maximum absolute atomic E-state index is 11.7. The molecule has 5 nitrogen and oxygen atoms in total. The van der Waals surface area contributed by atoms with Crippen LogP contribution in [0.25, 0.3) is 0 Å². The number of nitrogens with one attached hydrogen (secondary N) is 2. The molecule has 0 aromatic heterocycles. The predicted molar refractivity (Wildman–Crippen MR) is 77.4 cm³/mol. The minimum atomic E-state index is -1.02. The lowest BCUT2D eigenvalue weighted by atomic mass is 10.2. The standard InChI is InChI=1S/C13H17BrN2O3/c1-3-4-11(12(17)18)16-13(19)15-9-5-6-10(14)8(2)7-9/h5-7,11H,3-4H2,1-2H3,(H,17,18)(H2,15,16,19). The van der Waals surface area contributed by atoms with Crippen molar-refractivity contribution >= 4 is 33.6 Å². The van der Waals surface area contributed by atoms with E-state index in [0.717, 1.165) is 10.0 Å². The van der Waals surface area contributed by atoms with Crippen molar-refractivity contribution in [3.63, 3.8) is 0 Å². The van der Waals surface area contributed by atoms with E-state index in [1.165, 1.54) is 0 Å². The van der Waals surface area contributed by atoms with Crippen molar-refractivity contribution in [2.24, 2.45) is 0 Å². The highest BCUT2D eigenvalue weighted by Gasteiger charge is 2.18. The van der Waals surface area contributed by atoms with E-state index >= 15 is 0 Å². The zero-order valence-corrected chi connectivity index (χ0v) is 12.5. The van der Waals surface area contributed by atoms with Gasteiger partial charge in [-0.2, -0.15) is 0 Å². The van der Waals surface area contributed by atoms with Gasteiger partial charge in [0.25, 0.3) is 0 Å². The second-order valence-corrected chi connectivity index (χ2v) is 5.10. The van der Waals surface area contributed by atoms with Gasteiger partial charge in [-0.25, -0.2) is 9.59 Å². The van der Waals surface area contributed by atoms with E-state index in [0.29, 0.717) is 18.5 Å². The van der Waals surface area contributed by atoms with E-state index in [4.69, 9.17) is 5.11 Å². The summed E-state index contributed by atoms with van der Waals surface area (Å²) in [5, 5.41) is 14.0. The second-order valence-electron chi connectivity index (χ2n) is 4.24. The highest BCUT2D eigenvalue weighted by molar-refractivity contribution is 9.10. The van der Waals surface area contributed by atoms with E-state index in [2.05, 4.69) is 26.6 Å². The highest BCUT2D eigenvalue weighted by Crippen LogP contribution is 2.19. The highest BCUT2D eigenvalue weighted by atomic mass is 79.9. The number of hydrogen-bond donors (Lipinski definition) is 3. The third-order valence-electron chi connectivity index (χ3n) is 2.60. The fraction of sp³-hybridized carbons (Fsp3) is 0.385. The fourth-order valence-corrected chi connectivity index (χ4v) is 1.84. The summed E-state index contributed by atoms with van der Waals surface area (Å²) < 4.78 is 0.952. The second kappa shape index (κ2) is 7.13. The average molecular weight is 329 g/mol. The molecule has 0 saturated carbocycles. The van der Waals surface area contributed by atoms with Gasteiger partial charge in [0.15, 0.2) is 0 Å². The van der Waals surface area contributed by atoms with E-state index in [1.54, 1.807) is 12.1 Å². The third-order valence-corrected chi connectivity index (χ3v) is 3.49. The molecule has 0 aliphatic carbocycles. The summed E-state index contributed by atoms with van der Waals surface area (Å²) in [5.41, 5.74) is 1.61. The molecule has 3 N–H and O–H groups in total. The Morgan fingerprint density at radius 3 is 2.63 bits per heavy atom. The van der Waals surface area contributed by atoms with Crippen LogP contribution >= 0.6 is 15.9 Å². The zero-order chi connectivity index (χ0) is 14.4. The summed E-state index contributed by atoms with van der Waals surface area (Å²) in [6.07, 6.45) is 1.09. The van der Waals surface area contributed by atoms with Gasteiger partial charge < -0.3 is 15.7 Å². The molecule has 0 aliphatic heterocycles. The molecule has 0 aliphatic rings. The van der Waals surface area contributed by atoms with Crippen LogP contribution in [0, 0.1) is 6.92 Å². The Bertz CT molecular complexity index is 477. The number of carbonyl (C=O) groups excluding carboxylic acids is 1. The van der Waals surface area contributed by atoms with Gasteiger partial charge in [-0.1, -0.05) is 29.3 Å². The van der Waals surface area contributed by atoms with Crippen LogP contribution in [0.2, 0.25) is 0 Å². The number of aliphatic carboxylic acids is 1. The van der Waals surface area contributed by atoms with Crippen molar-refractivity contribution < 1.29 is 14.7 Å². The van der Waals surface area contributed by atoms with Gasteiger partial charge in [0, 0.05) is 10.2 Å². The molecule has 19 heavy (non-hydrogen) atoms. The molecular formula is C13H17BrN2O3. The SMILES string of the molecule is CCCC(NC(=O)Nc1ccc(Br)c(C)c1)C(=O)O. The van der Waals surface area contributed by atoms with Gasteiger partial charge in [0.1, 0.15) is 6.04 Å². The van der Waals surface area contributed by atoms with Gasteiger partial charge in [-0.3, -0.25) is 0 Å². The predicted octanol–water partition coefficient (Wildman–Crippen LogP) is 3.13. The van der Waals surface area contributed by atoms with Crippen LogP contribution in [0.4, 0.5) is 10.5 Å². The van der Waals surface area contributed by atoms with Gasteiger partial charge in [0.2, 0.25) is 0 Å². The van der Waals surface area contributed by atoms with Crippen LogP contribution in [0.1, 0.15) is 25.3 Å². The normalized spacial score (nSPS) is 11.7. The number of urea groups is 1. The van der Waals surface area contributed by atoms with Crippen molar-refractivity contribution in [1.29, 1.82) is 0 Å². The van der Waals surface area contributed by atoms with Crippen molar-refractivity contribution in [1.82, 2.24) is 5.32 Å². The summed E-state index contributed by atoms with van der Waals surface area (Å²) in [7, 11) is 0. The molecule has 1 aromatic carbocycles. The summed E-state index contributed by atoms with van der Waals surface area (Å²) in [4.78, 5) is 22.6. The van der Waals surface area contributed by atoms with E-state index in [-0.39, 0.29) is 0 Å². The van der Waals surface area contributed by atoms with E-state index < -0.39 is 18.0 Å². The molecule has 1 aromatic rings. The smallest absolute Gasteiger partial charge is 0.326 e. The van der Waals surface area contributed by atoms with E-state index in [9.17, 15) is 9.59 Å². The van der Waals surface area contributed by atoms with Crippen molar-refractivity contribution in [2.75, 3.05) is 5.32 Å². The maximum Gasteiger partial charge on any atom is 0.326 e. The zero-order valence-electron chi connectivity index (χ0n) is 10.9. The molecule has 0 radical (unpaired) electrons. The van der Waals surface area contributed by atoms with Crippen LogP contribution in [-0.2, 0) is 4.79 Å². The minimum absolute atomic E-state index is 0.405. The Balaban J connectivity index is 2.63. The Kier molecular flexibility index (Phi) is 5.82. The van der Waals surface area contributed by atoms with Crippen LogP contribution in [0.15, 0.2) is 22.7 Å².